The number of nitrogens with one attached hydrogen (secondary N) is 2. The molecule has 0 spiro atoms. The highest BCUT2D eigenvalue weighted by Gasteiger charge is 2.29. The molecule has 1 aliphatic carbocycles. The molecule has 6 nitrogen and oxygen atoms in total. The van der Waals surface area contributed by atoms with Gasteiger partial charge in [0, 0.05) is 44.6 Å². The second kappa shape index (κ2) is 9.41. The van der Waals surface area contributed by atoms with Crippen molar-refractivity contribution >= 4 is 23.2 Å². The minimum absolute atomic E-state index is 0.0388. The fraction of sp³-hybridized carbons (Fsp3) is 0.440. The molecule has 1 fully saturated rings. The van der Waals surface area contributed by atoms with E-state index in [4.69, 9.17) is 0 Å². The molecule has 1 heterocycles. The Hall–Kier alpha value is -3.02. The van der Waals surface area contributed by atoms with Gasteiger partial charge in [0.05, 0.1) is 6.04 Å². The first-order valence-corrected chi connectivity index (χ1v) is 11.2. The summed E-state index contributed by atoms with van der Waals surface area (Å²) in [6.07, 6.45) is 5.14. The molecule has 2 aromatic carbocycles. The van der Waals surface area contributed by atoms with E-state index in [1.807, 2.05) is 14.1 Å². The SMILES string of the molecule is CN(C)c1ccc([C@H](CNC(=O)C(=O)NC2CCCC2)N2CCc3ccccc32)cc1. The molecule has 2 aromatic rings. The second-order valence-electron chi connectivity index (χ2n) is 8.74. The molecule has 6 heteroatoms. The van der Waals surface area contributed by atoms with Gasteiger partial charge in [-0.3, -0.25) is 9.59 Å². The fourth-order valence-electron chi connectivity index (χ4n) is 4.68. The summed E-state index contributed by atoms with van der Waals surface area (Å²) in [4.78, 5) is 29.3. The van der Waals surface area contributed by atoms with Crippen LogP contribution in [0.5, 0.6) is 0 Å². The largest absolute Gasteiger partial charge is 0.378 e. The zero-order valence-corrected chi connectivity index (χ0v) is 18.4. The number of carbonyl (C=O) groups excluding carboxylic acids is 2. The maximum atomic E-state index is 12.5. The summed E-state index contributed by atoms with van der Waals surface area (Å²) >= 11 is 0. The first-order valence-electron chi connectivity index (χ1n) is 11.2. The summed E-state index contributed by atoms with van der Waals surface area (Å²) in [6, 6.07) is 16.9. The van der Waals surface area contributed by atoms with E-state index in [-0.39, 0.29) is 12.1 Å². The Morgan fingerprint density at radius 3 is 2.45 bits per heavy atom. The molecule has 1 aliphatic heterocycles. The molecule has 164 valence electrons. The summed E-state index contributed by atoms with van der Waals surface area (Å²) in [5, 5.41) is 5.77. The summed E-state index contributed by atoms with van der Waals surface area (Å²) in [5.41, 5.74) is 4.78. The normalized spacial score (nSPS) is 16.6. The molecule has 1 atom stereocenters. The van der Waals surface area contributed by atoms with Crippen molar-refractivity contribution in [1.29, 1.82) is 0 Å². The van der Waals surface area contributed by atoms with Crippen LogP contribution in [0.25, 0.3) is 0 Å². The van der Waals surface area contributed by atoms with Crippen molar-refractivity contribution in [3.63, 3.8) is 0 Å². The third-order valence-electron chi connectivity index (χ3n) is 6.45. The zero-order valence-electron chi connectivity index (χ0n) is 18.4. The van der Waals surface area contributed by atoms with Gasteiger partial charge in [-0.05, 0) is 48.6 Å². The molecule has 0 aromatic heterocycles. The Kier molecular flexibility index (Phi) is 6.44. The van der Waals surface area contributed by atoms with Gasteiger partial charge in [-0.25, -0.2) is 0 Å². The monoisotopic (exact) mass is 420 g/mol. The van der Waals surface area contributed by atoms with E-state index >= 15 is 0 Å². The highest BCUT2D eigenvalue weighted by molar-refractivity contribution is 6.35. The van der Waals surface area contributed by atoms with Crippen LogP contribution >= 0.6 is 0 Å². The minimum Gasteiger partial charge on any atom is -0.378 e. The van der Waals surface area contributed by atoms with Crippen molar-refractivity contribution < 1.29 is 9.59 Å². The Morgan fingerprint density at radius 2 is 1.74 bits per heavy atom. The van der Waals surface area contributed by atoms with E-state index in [2.05, 4.69) is 69.0 Å². The van der Waals surface area contributed by atoms with E-state index in [1.54, 1.807) is 0 Å². The summed E-state index contributed by atoms with van der Waals surface area (Å²) in [5.74, 6) is -1.07. The van der Waals surface area contributed by atoms with Crippen molar-refractivity contribution in [2.75, 3.05) is 37.0 Å². The van der Waals surface area contributed by atoms with E-state index in [0.717, 1.165) is 49.9 Å². The van der Waals surface area contributed by atoms with Crippen molar-refractivity contribution in [3.05, 3.63) is 59.7 Å². The maximum Gasteiger partial charge on any atom is 0.309 e. The maximum absolute atomic E-state index is 12.5. The fourth-order valence-corrected chi connectivity index (χ4v) is 4.68. The number of fused-ring (bicyclic) bond motifs is 1. The molecule has 31 heavy (non-hydrogen) atoms. The van der Waals surface area contributed by atoms with Crippen LogP contribution in [0.1, 0.15) is 42.9 Å². The van der Waals surface area contributed by atoms with E-state index in [1.165, 1.54) is 11.3 Å². The molecular weight excluding hydrogens is 388 g/mol. The van der Waals surface area contributed by atoms with Gasteiger partial charge in [0.1, 0.15) is 0 Å². The van der Waals surface area contributed by atoms with Crippen molar-refractivity contribution in [2.24, 2.45) is 0 Å². The first kappa shape index (κ1) is 21.2. The molecule has 0 radical (unpaired) electrons. The Balaban J connectivity index is 1.50. The number of para-hydroxylation sites is 1. The van der Waals surface area contributed by atoms with Crippen molar-refractivity contribution in [3.8, 4) is 0 Å². The summed E-state index contributed by atoms with van der Waals surface area (Å²) in [6.45, 7) is 1.27. The van der Waals surface area contributed by atoms with Crippen molar-refractivity contribution in [1.82, 2.24) is 10.6 Å². The van der Waals surface area contributed by atoms with Crippen LogP contribution in [-0.4, -0.2) is 45.0 Å². The Bertz CT molecular complexity index is 919. The lowest BCUT2D eigenvalue weighted by Crippen LogP contribution is -2.46. The Labute approximate surface area is 184 Å². The Morgan fingerprint density at radius 1 is 1.03 bits per heavy atom. The van der Waals surface area contributed by atoms with Gasteiger partial charge in [-0.15, -0.1) is 0 Å². The van der Waals surface area contributed by atoms with E-state index in [9.17, 15) is 9.59 Å². The highest BCUT2D eigenvalue weighted by Crippen LogP contribution is 2.35. The predicted octanol–water partition coefficient (Wildman–Crippen LogP) is 3.03. The van der Waals surface area contributed by atoms with Gasteiger partial charge in [-0.2, -0.15) is 0 Å². The van der Waals surface area contributed by atoms with Crippen LogP contribution in [0.15, 0.2) is 48.5 Å². The number of anilines is 2. The smallest absolute Gasteiger partial charge is 0.309 e. The van der Waals surface area contributed by atoms with Gasteiger partial charge in [0.2, 0.25) is 0 Å². The summed E-state index contributed by atoms with van der Waals surface area (Å²) in [7, 11) is 4.04. The third kappa shape index (κ3) is 4.84. The number of benzene rings is 2. The average molecular weight is 421 g/mol. The second-order valence-corrected chi connectivity index (χ2v) is 8.74. The lowest BCUT2D eigenvalue weighted by atomic mass is 10.0. The molecular formula is C25H32N4O2. The number of carbonyl (C=O) groups is 2. The zero-order chi connectivity index (χ0) is 21.8. The molecule has 1 saturated carbocycles. The topological polar surface area (TPSA) is 64.7 Å². The molecule has 4 rings (SSSR count). The lowest BCUT2D eigenvalue weighted by molar-refractivity contribution is -0.139. The van der Waals surface area contributed by atoms with Crippen LogP contribution in [0.3, 0.4) is 0 Å². The van der Waals surface area contributed by atoms with Crippen LogP contribution in [0, 0.1) is 0 Å². The molecule has 0 bridgehead atoms. The number of rotatable bonds is 6. The number of amides is 2. The molecule has 2 amide bonds. The third-order valence-corrected chi connectivity index (χ3v) is 6.45. The van der Waals surface area contributed by atoms with Crippen LogP contribution in [0.2, 0.25) is 0 Å². The van der Waals surface area contributed by atoms with Gasteiger partial charge in [0.25, 0.3) is 0 Å². The van der Waals surface area contributed by atoms with Crippen LogP contribution < -0.4 is 20.4 Å². The van der Waals surface area contributed by atoms with Gasteiger partial charge in [0.15, 0.2) is 0 Å². The van der Waals surface area contributed by atoms with Gasteiger partial charge < -0.3 is 20.4 Å². The van der Waals surface area contributed by atoms with Gasteiger partial charge >= 0.3 is 11.8 Å². The summed E-state index contributed by atoms with van der Waals surface area (Å²) < 4.78 is 0. The average Bonchev–Trinajstić information content (AvgIpc) is 3.44. The van der Waals surface area contributed by atoms with E-state index < -0.39 is 11.8 Å². The van der Waals surface area contributed by atoms with E-state index in [0.29, 0.717) is 6.54 Å². The standard InChI is InChI=1S/C25H32N4O2/c1-28(2)21-13-11-19(12-14-21)23(29-16-15-18-7-3-6-10-22(18)29)17-26-24(30)25(31)27-20-8-4-5-9-20/h3,6-7,10-14,20,23H,4-5,8-9,15-17H2,1-2H3,(H,26,30)(H,27,31)/t23-/m0/s1. The number of hydrogen-bond donors (Lipinski definition) is 2. The van der Waals surface area contributed by atoms with Crippen LogP contribution in [-0.2, 0) is 16.0 Å². The molecule has 2 aliphatic rings. The first-order chi connectivity index (χ1) is 15.0. The van der Waals surface area contributed by atoms with Crippen molar-refractivity contribution in [2.45, 2.75) is 44.2 Å². The quantitative estimate of drug-likeness (QED) is 0.705. The van der Waals surface area contributed by atoms with Gasteiger partial charge in [-0.1, -0.05) is 43.2 Å². The van der Waals surface area contributed by atoms with Crippen LogP contribution in [0.4, 0.5) is 11.4 Å². The highest BCUT2D eigenvalue weighted by atomic mass is 16.2. The molecule has 0 unspecified atom stereocenters. The molecule has 0 saturated heterocycles. The number of nitrogens with zero attached hydrogens (tertiary/aromatic N) is 2. The lowest BCUT2D eigenvalue weighted by Gasteiger charge is -2.31. The molecule has 2 N–H and O–H groups in total. The predicted molar refractivity (Wildman–Crippen MR) is 124 cm³/mol. The number of hydrogen-bond acceptors (Lipinski definition) is 4. The minimum atomic E-state index is -0.547.